The zero-order valence-corrected chi connectivity index (χ0v) is 14.1. The minimum absolute atomic E-state index is 0.0391. The second-order valence-corrected chi connectivity index (χ2v) is 6.69. The van der Waals surface area contributed by atoms with E-state index in [4.69, 9.17) is 4.74 Å². The number of rotatable bonds is 5. The summed E-state index contributed by atoms with van der Waals surface area (Å²) in [7, 11) is 1.38. The van der Waals surface area contributed by atoms with E-state index in [9.17, 15) is 14.4 Å². The lowest BCUT2D eigenvalue weighted by Gasteiger charge is -2.12. The van der Waals surface area contributed by atoms with E-state index in [-0.39, 0.29) is 5.75 Å². The molecule has 1 aromatic carbocycles. The summed E-state index contributed by atoms with van der Waals surface area (Å²) >= 11 is 2.74. The van der Waals surface area contributed by atoms with Crippen LogP contribution in [0.15, 0.2) is 28.6 Å². The lowest BCUT2D eigenvalue weighted by atomic mass is 10.3. The molecule has 23 heavy (non-hydrogen) atoms. The Morgan fingerprint density at radius 1 is 1.35 bits per heavy atom. The Bertz CT molecular complexity index is 699. The van der Waals surface area contributed by atoms with Gasteiger partial charge in [0.15, 0.2) is 10.4 Å². The Morgan fingerprint density at radius 2 is 2.09 bits per heavy atom. The summed E-state index contributed by atoms with van der Waals surface area (Å²) in [5.74, 6) is -1.19. The van der Waals surface area contributed by atoms with Crippen molar-refractivity contribution in [2.45, 2.75) is 17.4 Å². The fourth-order valence-electron chi connectivity index (χ4n) is 1.59. The molecule has 1 atom stereocenters. The molecule has 0 aliphatic heterocycles. The van der Waals surface area contributed by atoms with Crippen molar-refractivity contribution >= 4 is 51.2 Å². The number of amides is 3. The number of esters is 1. The molecule has 0 spiro atoms. The SMILES string of the molecule is CNC(=O)NC(=O)[C@H](C)OC(=O)CSc1nc2ccccc2s1. The van der Waals surface area contributed by atoms with E-state index >= 15 is 0 Å². The average Bonchev–Trinajstić information content (AvgIpc) is 2.95. The summed E-state index contributed by atoms with van der Waals surface area (Å²) in [4.78, 5) is 38.7. The van der Waals surface area contributed by atoms with Gasteiger partial charge in [0.1, 0.15) is 0 Å². The second-order valence-electron chi connectivity index (χ2n) is 4.44. The fourth-order valence-corrected chi connectivity index (χ4v) is 3.45. The summed E-state index contributed by atoms with van der Waals surface area (Å²) in [6, 6.07) is 7.04. The quantitative estimate of drug-likeness (QED) is 0.628. The van der Waals surface area contributed by atoms with Gasteiger partial charge in [0.2, 0.25) is 0 Å². The van der Waals surface area contributed by atoms with E-state index in [1.54, 1.807) is 0 Å². The van der Waals surface area contributed by atoms with Crippen molar-refractivity contribution < 1.29 is 19.1 Å². The maximum atomic E-state index is 11.8. The molecule has 0 aliphatic rings. The molecule has 0 saturated heterocycles. The summed E-state index contributed by atoms with van der Waals surface area (Å²) in [5.41, 5.74) is 0.881. The topological polar surface area (TPSA) is 97.4 Å². The van der Waals surface area contributed by atoms with Crippen LogP contribution in [0.3, 0.4) is 0 Å². The first-order valence-electron chi connectivity index (χ1n) is 6.70. The van der Waals surface area contributed by atoms with Crippen molar-refractivity contribution in [3.05, 3.63) is 24.3 Å². The highest BCUT2D eigenvalue weighted by atomic mass is 32.2. The molecule has 2 N–H and O–H groups in total. The second kappa shape index (κ2) is 7.93. The number of nitrogens with zero attached hydrogens (tertiary/aromatic N) is 1. The number of aromatic nitrogens is 1. The number of urea groups is 1. The van der Waals surface area contributed by atoms with Crippen LogP contribution in [-0.4, -0.2) is 41.8 Å². The standard InChI is InChI=1S/C14H15N3O4S2/c1-8(12(19)17-13(20)15-2)21-11(18)7-22-14-16-9-5-3-4-6-10(9)23-14/h3-6,8H,7H2,1-2H3,(H2,15,17,19,20)/t8-/m0/s1. The molecule has 0 radical (unpaired) electrons. The predicted octanol–water partition coefficient (Wildman–Crippen LogP) is 1.78. The molecule has 0 bridgehead atoms. The summed E-state index contributed by atoms with van der Waals surface area (Å²) in [6.45, 7) is 1.40. The van der Waals surface area contributed by atoms with E-state index in [1.807, 2.05) is 29.6 Å². The van der Waals surface area contributed by atoms with Crippen molar-refractivity contribution in [2.75, 3.05) is 12.8 Å². The van der Waals surface area contributed by atoms with Crippen LogP contribution in [0.2, 0.25) is 0 Å². The zero-order valence-electron chi connectivity index (χ0n) is 12.5. The van der Waals surface area contributed by atoms with Crippen LogP contribution < -0.4 is 10.6 Å². The van der Waals surface area contributed by atoms with Gasteiger partial charge in [0.05, 0.1) is 16.0 Å². The number of fused-ring (bicyclic) bond motifs is 1. The fraction of sp³-hybridized carbons (Fsp3) is 0.286. The Labute approximate surface area is 140 Å². The third kappa shape index (κ3) is 4.93. The van der Waals surface area contributed by atoms with Crippen molar-refractivity contribution in [3.63, 3.8) is 0 Å². The minimum Gasteiger partial charge on any atom is -0.452 e. The van der Waals surface area contributed by atoms with Crippen LogP contribution in [0.4, 0.5) is 4.79 Å². The lowest BCUT2D eigenvalue weighted by molar-refractivity contribution is -0.151. The molecule has 0 fully saturated rings. The van der Waals surface area contributed by atoms with E-state index in [0.717, 1.165) is 14.6 Å². The maximum Gasteiger partial charge on any atom is 0.321 e. The number of carbonyl (C=O) groups is 3. The average molecular weight is 353 g/mol. The molecule has 7 nitrogen and oxygen atoms in total. The Morgan fingerprint density at radius 3 is 2.78 bits per heavy atom. The maximum absolute atomic E-state index is 11.8. The number of imide groups is 1. The predicted molar refractivity (Wildman–Crippen MR) is 88.5 cm³/mol. The summed E-state index contributed by atoms with van der Waals surface area (Å²) < 4.78 is 6.78. The summed E-state index contributed by atoms with van der Waals surface area (Å²) in [5, 5.41) is 4.28. The van der Waals surface area contributed by atoms with E-state index < -0.39 is 24.0 Å². The molecular formula is C14H15N3O4S2. The van der Waals surface area contributed by atoms with Gasteiger partial charge in [-0.15, -0.1) is 11.3 Å². The van der Waals surface area contributed by atoms with Crippen molar-refractivity contribution in [3.8, 4) is 0 Å². The number of ether oxygens (including phenoxy) is 1. The first kappa shape index (κ1) is 17.2. The van der Waals surface area contributed by atoms with Crippen LogP contribution in [0.5, 0.6) is 0 Å². The van der Waals surface area contributed by atoms with E-state index in [2.05, 4.69) is 10.3 Å². The van der Waals surface area contributed by atoms with Gasteiger partial charge in [-0.2, -0.15) is 0 Å². The largest absolute Gasteiger partial charge is 0.452 e. The number of thiazole rings is 1. The highest BCUT2D eigenvalue weighted by Gasteiger charge is 2.19. The number of thioether (sulfide) groups is 1. The van der Waals surface area contributed by atoms with Gasteiger partial charge in [0, 0.05) is 7.05 Å². The minimum atomic E-state index is -1.05. The lowest BCUT2D eigenvalue weighted by Crippen LogP contribution is -2.43. The first-order valence-corrected chi connectivity index (χ1v) is 8.50. The van der Waals surface area contributed by atoms with Crippen molar-refractivity contribution in [1.29, 1.82) is 0 Å². The molecule has 1 heterocycles. The number of benzene rings is 1. The third-order valence-corrected chi connectivity index (χ3v) is 4.88. The molecule has 0 unspecified atom stereocenters. The van der Waals surface area contributed by atoms with Gasteiger partial charge in [0.25, 0.3) is 5.91 Å². The third-order valence-electron chi connectivity index (χ3n) is 2.73. The molecule has 0 saturated carbocycles. The molecule has 2 rings (SSSR count). The molecule has 9 heteroatoms. The van der Waals surface area contributed by atoms with Crippen LogP contribution in [-0.2, 0) is 14.3 Å². The normalized spacial score (nSPS) is 11.7. The number of nitrogens with one attached hydrogen (secondary N) is 2. The molecule has 122 valence electrons. The highest BCUT2D eigenvalue weighted by molar-refractivity contribution is 8.01. The smallest absolute Gasteiger partial charge is 0.321 e. The molecular weight excluding hydrogens is 338 g/mol. The van der Waals surface area contributed by atoms with Crippen molar-refractivity contribution in [1.82, 2.24) is 15.6 Å². The molecule has 1 aromatic heterocycles. The molecule has 0 aliphatic carbocycles. The van der Waals surface area contributed by atoms with Gasteiger partial charge in [-0.3, -0.25) is 14.9 Å². The Kier molecular flexibility index (Phi) is 5.94. The van der Waals surface area contributed by atoms with Crippen LogP contribution >= 0.6 is 23.1 Å². The van der Waals surface area contributed by atoms with Crippen LogP contribution in [0.25, 0.3) is 10.2 Å². The number of hydrogen-bond acceptors (Lipinski definition) is 7. The van der Waals surface area contributed by atoms with E-state index in [1.165, 1.54) is 37.1 Å². The zero-order chi connectivity index (χ0) is 16.8. The summed E-state index contributed by atoms with van der Waals surface area (Å²) in [6.07, 6.45) is -1.05. The number of para-hydroxylation sites is 1. The number of carbonyl (C=O) groups excluding carboxylic acids is 3. The van der Waals surface area contributed by atoms with Gasteiger partial charge >= 0.3 is 12.0 Å². The molecule has 2 aromatic rings. The molecule has 3 amide bonds. The van der Waals surface area contributed by atoms with Crippen LogP contribution in [0, 0.1) is 0 Å². The van der Waals surface area contributed by atoms with Crippen molar-refractivity contribution in [2.24, 2.45) is 0 Å². The van der Waals surface area contributed by atoms with Gasteiger partial charge in [-0.25, -0.2) is 9.78 Å². The number of hydrogen-bond donors (Lipinski definition) is 2. The van der Waals surface area contributed by atoms with Gasteiger partial charge in [-0.1, -0.05) is 23.9 Å². The Balaban J connectivity index is 1.82. The van der Waals surface area contributed by atoms with Crippen LogP contribution in [0.1, 0.15) is 6.92 Å². The van der Waals surface area contributed by atoms with Gasteiger partial charge < -0.3 is 10.1 Å². The van der Waals surface area contributed by atoms with Gasteiger partial charge in [-0.05, 0) is 19.1 Å². The van der Waals surface area contributed by atoms with E-state index in [0.29, 0.717) is 0 Å². The highest BCUT2D eigenvalue weighted by Crippen LogP contribution is 2.29. The Hall–Kier alpha value is -2.13. The first-order chi connectivity index (χ1) is 11.0. The monoisotopic (exact) mass is 353 g/mol.